The van der Waals surface area contributed by atoms with Crippen molar-refractivity contribution in [3.8, 4) is 0 Å². The molecule has 0 aliphatic heterocycles. The molecule has 0 saturated heterocycles. The summed E-state index contributed by atoms with van der Waals surface area (Å²) in [5, 5.41) is 26.0. The minimum Gasteiger partial charge on any atom is -0.368 e. The van der Waals surface area contributed by atoms with Crippen molar-refractivity contribution in [1.82, 2.24) is 19.9 Å². The number of rotatable bonds is 7. The molecule has 0 amide bonds. The fourth-order valence-electron chi connectivity index (χ4n) is 1.34. The van der Waals surface area contributed by atoms with Gasteiger partial charge in [-0.15, -0.1) is 22.0 Å². The monoisotopic (exact) mass is 306 g/mol. The van der Waals surface area contributed by atoms with Crippen LogP contribution in [0.25, 0.3) is 0 Å². The first-order valence-corrected chi connectivity index (χ1v) is 7.23. The summed E-state index contributed by atoms with van der Waals surface area (Å²) in [5.41, 5.74) is 0. The molecule has 2 aromatic heterocycles. The number of nitrogens with zero attached hydrogens (tertiary/aromatic N) is 6. The molecule has 110 valence electrons. The lowest BCUT2D eigenvalue weighted by Gasteiger charge is -2.02. The van der Waals surface area contributed by atoms with Crippen LogP contribution < -0.4 is 0 Å². The third-order valence-corrected chi connectivity index (χ3v) is 3.27. The highest BCUT2D eigenvalue weighted by Crippen LogP contribution is 2.19. The minimum absolute atomic E-state index is 0.231. The first-order chi connectivity index (χ1) is 10.2. The van der Waals surface area contributed by atoms with E-state index in [0.717, 1.165) is 10.8 Å². The van der Waals surface area contributed by atoms with Gasteiger partial charge in [0.2, 0.25) is 0 Å². The number of aliphatic hydroxyl groups is 2. The Morgan fingerprint density at radius 2 is 1.76 bits per heavy atom. The molecule has 0 radical (unpaired) electrons. The van der Waals surface area contributed by atoms with E-state index in [1.165, 1.54) is 11.8 Å². The standard InChI is InChI=1S/C12H14N6O2S/c19-10(20)3-1-8-21-9-4-7-15-12(16-9)18-17-11-13-5-2-6-14-11/h2,4-7,10,19-20H,1,3,8H2. The number of thioether (sulfide) groups is 1. The molecular formula is C12H14N6O2S. The molecule has 2 rings (SSSR count). The Balaban J connectivity index is 1.90. The van der Waals surface area contributed by atoms with Gasteiger partial charge in [-0.1, -0.05) is 0 Å². The van der Waals surface area contributed by atoms with Crippen LogP contribution in [0.1, 0.15) is 12.8 Å². The Bertz CT molecular complexity index is 581. The molecule has 9 heteroatoms. The molecule has 0 bridgehead atoms. The molecule has 2 heterocycles. The lowest BCUT2D eigenvalue weighted by Crippen LogP contribution is -2.03. The fourth-order valence-corrected chi connectivity index (χ4v) is 2.16. The summed E-state index contributed by atoms with van der Waals surface area (Å²) in [4.78, 5) is 16.0. The highest BCUT2D eigenvalue weighted by Gasteiger charge is 2.01. The average molecular weight is 306 g/mol. The number of azo groups is 1. The molecule has 0 atom stereocenters. The molecule has 2 N–H and O–H groups in total. The van der Waals surface area contributed by atoms with E-state index in [9.17, 15) is 0 Å². The van der Waals surface area contributed by atoms with Crippen LogP contribution in [-0.4, -0.2) is 42.2 Å². The lowest BCUT2D eigenvalue weighted by atomic mass is 10.3. The molecule has 0 aromatic carbocycles. The Morgan fingerprint density at radius 3 is 2.52 bits per heavy atom. The van der Waals surface area contributed by atoms with Crippen LogP contribution in [0.4, 0.5) is 11.9 Å². The normalized spacial score (nSPS) is 11.4. The SMILES string of the molecule is OC(O)CCCSc1ccnc(N=Nc2ncccn2)n1. The van der Waals surface area contributed by atoms with Crippen molar-refractivity contribution in [1.29, 1.82) is 0 Å². The first-order valence-electron chi connectivity index (χ1n) is 6.25. The van der Waals surface area contributed by atoms with E-state index >= 15 is 0 Å². The summed E-state index contributed by atoms with van der Waals surface area (Å²) in [6.45, 7) is 0. The van der Waals surface area contributed by atoms with Crippen LogP contribution in [0.5, 0.6) is 0 Å². The van der Waals surface area contributed by atoms with Gasteiger partial charge in [-0.25, -0.2) is 19.9 Å². The molecule has 0 aliphatic rings. The average Bonchev–Trinajstić information content (AvgIpc) is 2.51. The van der Waals surface area contributed by atoms with Crippen molar-refractivity contribution in [2.75, 3.05) is 5.75 Å². The van der Waals surface area contributed by atoms with E-state index in [1.807, 2.05) is 0 Å². The van der Waals surface area contributed by atoms with Gasteiger partial charge in [-0.2, -0.15) is 0 Å². The summed E-state index contributed by atoms with van der Waals surface area (Å²) in [6, 6.07) is 3.45. The smallest absolute Gasteiger partial charge is 0.270 e. The zero-order chi connectivity index (χ0) is 14.9. The zero-order valence-electron chi connectivity index (χ0n) is 11.1. The topological polar surface area (TPSA) is 117 Å². The summed E-state index contributed by atoms with van der Waals surface area (Å²) in [7, 11) is 0. The number of hydrogen-bond acceptors (Lipinski definition) is 9. The summed E-state index contributed by atoms with van der Waals surface area (Å²) >= 11 is 1.49. The van der Waals surface area contributed by atoms with Crippen molar-refractivity contribution in [3.63, 3.8) is 0 Å². The van der Waals surface area contributed by atoms with Crippen molar-refractivity contribution in [2.24, 2.45) is 10.2 Å². The third-order valence-electron chi connectivity index (χ3n) is 2.25. The van der Waals surface area contributed by atoms with Crippen LogP contribution in [-0.2, 0) is 0 Å². The highest BCUT2D eigenvalue weighted by molar-refractivity contribution is 7.99. The highest BCUT2D eigenvalue weighted by atomic mass is 32.2. The summed E-state index contributed by atoms with van der Waals surface area (Å²) in [6.07, 6.45) is 4.51. The first kappa shape index (κ1) is 15.4. The van der Waals surface area contributed by atoms with Crippen LogP contribution in [0.15, 0.2) is 46.0 Å². The predicted molar refractivity (Wildman–Crippen MR) is 76.4 cm³/mol. The second kappa shape index (κ2) is 8.35. The van der Waals surface area contributed by atoms with Gasteiger partial charge >= 0.3 is 0 Å². The van der Waals surface area contributed by atoms with Crippen molar-refractivity contribution >= 4 is 23.7 Å². The molecular weight excluding hydrogens is 292 g/mol. The molecule has 0 saturated carbocycles. The molecule has 0 unspecified atom stereocenters. The Hall–Kier alpha value is -1.97. The maximum Gasteiger partial charge on any atom is 0.270 e. The zero-order valence-corrected chi connectivity index (χ0v) is 11.9. The van der Waals surface area contributed by atoms with Crippen molar-refractivity contribution in [3.05, 3.63) is 30.7 Å². The van der Waals surface area contributed by atoms with Gasteiger partial charge in [0, 0.05) is 18.6 Å². The fraction of sp³-hybridized carbons (Fsp3) is 0.333. The predicted octanol–water partition coefficient (Wildman–Crippen LogP) is 1.86. The van der Waals surface area contributed by atoms with E-state index in [2.05, 4.69) is 30.2 Å². The summed E-state index contributed by atoms with van der Waals surface area (Å²) in [5.74, 6) is 1.21. The van der Waals surface area contributed by atoms with Crippen LogP contribution >= 0.6 is 11.8 Å². The Labute approximate surface area is 125 Å². The van der Waals surface area contributed by atoms with Gasteiger partial charge in [0.15, 0.2) is 6.29 Å². The molecule has 8 nitrogen and oxygen atoms in total. The van der Waals surface area contributed by atoms with Gasteiger partial charge in [0.1, 0.15) is 5.03 Å². The van der Waals surface area contributed by atoms with Gasteiger partial charge in [0.25, 0.3) is 11.9 Å². The number of aliphatic hydroxyl groups excluding tert-OH is 1. The van der Waals surface area contributed by atoms with E-state index in [4.69, 9.17) is 10.2 Å². The van der Waals surface area contributed by atoms with E-state index in [1.54, 1.807) is 30.7 Å². The Kier molecular flexibility index (Phi) is 6.13. The van der Waals surface area contributed by atoms with Crippen molar-refractivity contribution < 1.29 is 10.2 Å². The Morgan fingerprint density at radius 1 is 1.05 bits per heavy atom. The van der Waals surface area contributed by atoms with Gasteiger partial charge in [-0.3, -0.25) is 0 Å². The van der Waals surface area contributed by atoms with E-state index < -0.39 is 6.29 Å². The van der Waals surface area contributed by atoms with Crippen LogP contribution in [0.3, 0.4) is 0 Å². The molecule has 0 spiro atoms. The van der Waals surface area contributed by atoms with Gasteiger partial charge in [-0.05, 0) is 30.7 Å². The maximum atomic E-state index is 8.75. The second-order valence-corrected chi connectivity index (χ2v) is 5.03. The summed E-state index contributed by atoms with van der Waals surface area (Å²) < 4.78 is 0. The quantitative estimate of drug-likeness (QED) is 0.263. The van der Waals surface area contributed by atoms with E-state index in [0.29, 0.717) is 12.8 Å². The van der Waals surface area contributed by atoms with Gasteiger partial charge in [0.05, 0.1) is 0 Å². The van der Waals surface area contributed by atoms with Crippen LogP contribution in [0.2, 0.25) is 0 Å². The third kappa shape index (κ3) is 5.90. The minimum atomic E-state index is -1.26. The molecule has 0 aliphatic carbocycles. The van der Waals surface area contributed by atoms with Crippen LogP contribution in [0, 0.1) is 0 Å². The second-order valence-electron chi connectivity index (χ2n) is 3.91. The number of hydrogen-bond donors (Lipinski definition) is 2. The molecule has 2 aromatic rings. The van der Waals surface area contributed by atoms with E-state index in [-0.39, 0.29) is 11.9 Å². The molecule has 0 fully saturated rings. The number of aromatic nitrogens is 4. The largest absolute Gasteiger partial charge is 0.368 e. The van der Waals surface area contributed by atoms with Gasteiger partial charge < -0.3 is 10.2 Å². The van der Waals surface area contributed by atoms with Crippen molar-refractivity contribution in [2.45, 2.75) is 24.2 Å². The lowest BCUT2D eigenvalue weighted by molar-refractivity contribution is -0.0451. The maximum absolute atomic E-state index is 8.75. The molecule has 21 heavy (non-hydrogen) atoms.